The lowest BCUT2D eigenvalue weighted by Crippen LogP contribution is -2.35. The Labute approximate surface area is 171 Å². The second-order valence-corrected chi connectivity index (χ2v) is 9.33. The number of hydrogen-bond donors (Lipinski definition) is 1. The number of carbonyl (C=O) groups is 1. The van der Waals surface area contributed by atoms with E-state index in [1.165, 1.54) is 4.31 Å². The van der Waals surface area contributed by atoms with Crippen LogP contribution >= 0.6 is 0 Å². The molecule has 2 aliphatic rings. The summed E-state index contributed by atoms with van der Waals surface area (Å²) >= 11 is 0. The molecule has 7 heteroatoms. The van der Waals surface area contributed by atoms with Gasteiger partial charge in [-0.25, -0.2) is 8.42 Å². The zero-order valence-corrected chi connectivity index (χ0v) is 17.2. The number of fused-ring (bicyclic) bond motifs is 1. The first-order valence-electron chi connectivity index (χ1n) is 9.80. The maximum Gasteiger partial charge on any atom is 0.255 e. The number of hydrogen-bond acceptors (Lipinski definition) is 4. The van der Waals surface area contributed by atoms with Crippen molar-refractivity contribution >= 4 is 27.7 Å². The lowest BCUT2D eigenvalue weighted by molar-refractivity contribution is -0.113. The van der Waals surface area contributed by atoms with Crippen molar-refractivity contribution in [2.45, 2.75) is 31.1 Å². The lowest BCUT2D eigenvalue weighted by atomic mass is 10.1. The summed E-state index contributed by atoms with van der Waals surface area (Å²) in [5.74, 6) is 0.449. The Kier molecular flexibility index (Phi) is 5.43. The van der Waals surface area contributed by atoms with Gasteiger partial charge in [-0.15, -0.1) is 0 Å². The van der Waals surface area contributed by atoms with Crippen LogP contribution in [0, 0.1) is 6.92 Å². The zero-order valence-electron chi connectivity index (χ0n) is 16.3. The fraction of sp³-hybridized carbons (Fsp3) is 0.318. The number of amides is 1. The molecule has 0 atom stereocenters. The third-order valence-corrected chi connectivity index (χ3v) is 7.23. The Morgan fingerprint density at radius 1 is 1.07 bits per heavy atom. The first-order chi connectivity index (χ1) is 13.9. The Morgan fingerprint density at radius 2 is 1.83 bits per heavy atom. The van der Waals surface area contributed by atoms with Crippen LogP contribution in [0.3, 0.4) is 0 Å². The second kappa shape index (κ2) is 8.00. The van der Waals surface area contributed by atoms with Gasteiger partial charge in [0.1, 0.15) is 12.4 Å². The summed E-state index contributed by atoms with van der Waals surface area (Å²) < 4.78 is 33.1. The van der Waals surface area contributed by atoms with E-state index in [0.717, 1.165) is 36.1 Å². The molecule has 0 radical (unpaired) electrons. The topological polar surface area (TPSA) is 75.7 Å². The molecule has 1 fully saturated rings. The number of piperidine rings is 1. The fourth-order valence-electron chi connectivity index (χ4n) is 3.60. The molecule has 1 saturated heterocycles. The van der Waals surface area contributed by atoms with Crippen LogP contribution in [0.2, 0.25) is 0 Å². The molecule has 2 aromatic rings. The molecule has 0 saturated carbocycles. The normalized spacial score (nSPS) is 17.1. The molecule has 0 aromatic heterocycles. The summed E-state index contributed by atoms with van der Waals surface area (Å²) in [7, 11) is -3.56. The van der Waals surface area contributed by atoms with E-state index in [1.54, 1.807) is 24.3 Å². The van der Waals surface area contributed by atoms with Gasteiger partial charge in [-0.2, -0.15) is 4.31 Å². The number of nitrogens with one attached hydrogen (secondary N) is 1. The Hall–Kier alpha value is -2.64. The van der Waals surface area contributed by atoms with Crippen molar-refractivity contribution in [3.8, 4) is 5.75 Å². The number of para-hydroxylation sites is 1. The number of benzene rings is 2. The van der Waals surface area contributed by atoms with Gasteiger partial charge in [0.2, 0.25) is 10.0 Å². The number of aryl methyl sites for hydroxylation is 1. The number of sulfonamides is 1. The molecule has 0 unspecified atom stereocenters. The molecular weight excluding hydrogens is 388 g/mol. The highest BCUT2D eigenvalue weighted by Crippen LogP contribution is 2.28. The predicted octanol–water partition coefficient (Wildman–Crippen LogP) is 3.58. The van der Waals surface area contributed by atoms with E-state index in [2.05, 4.69) is 5.32 Å². The van der Waals surface area contributed by atoms with Crippen molar-refractivity contribution in [1.82, 2.24) is 4.31 Å². The van der Waals surface area contributed by atoms with Crippen LogP contribution in [0.25, 0.3) is 6.08 Å². The van der Waals surface area contributed by atoms with Crippen molar-refractivity contribution in [3.63, 3.8) is 0 Å². The van der Waals surface area contributed by atoms with Gasteiger partial charge in [-0.3, -0.25) is 4.79 Å². The maximum atomic E-state index is 13.0. The van der Waals surface area contributed by atoms with Gasteiger partial charge in [0.15, 0.2) is 0 Å². The summed E-state index contributed by atoms with van der Waals surface area (Å²) in [6.07, 6.45) is 4.62. The van der Waals surface area contributed by atoms with E-state index in [9.17, 15) is 13.2 Å². The monoisotopic (exact) mass is 412 g/mol. The molecule has 4 rings (SSSR count). The minimum atomic E-state index is -3.56. The maximum absolute atomic E-state index is 13.0. The third kappa shape index (κ3) is 4.06. The van der Waals surface area contributed by atoms with Gasteiger partial charge in [0.25, 0.3) is 5.91 Å². The largest absolute Gasteiger partial charge is 0.488 e. The van der Waals surface area contributed by atoms with Crippen molar-refractivity contribution in [3.05, 3.63) is 59.2 Å². The summed E-state index contributed by atoms with van der Waals surface area (Å²) in [4.78, 5) is 13.0. The van der Waals surface area contributed by atoms with Crippen LogP contribution in [0.5, 0.6) is 5.75 Å². The van der Waals surface area contributed by atoms with Crippen molar-refractivity contribution in [2.75, 3.05) is 25.0 Å². The van der Waals surface area contributed by atoms with Gasteiger partial charge in [0, 0.05) is 24.3 Å². The first-order valence-corrected chi connectivity index (χ1v) is 11.2. The van der Waals surface area contributed by atoms with E-state index in [1.807, 2.05) is 31.2 Å². The van der Waals surface area contributed by atoms with Crippen LogP contribution in [-0.4, -0.2) is 38.3 Å². The molecule has 1 N–H and O–H groups in total. The molecular formula is C22H24N2O4S. The Morgan fingerprint density at radius 3 is 2.62 bits per heavy atom. The second-order valence-electron chi connectivity index (χ2n) is 7.39. The molecule has 29 heavy (non-hydrogen) atoms. The quantitative estimate of drug-likeness (QED) is 0.833. The smallest absolute Gasteiger partial charge is 0.255 e. The standard InChI is InChI=1S/C22H24N2O4S/c1-16-9-10-19(29(26,27)24-11-5-2-6-12-24)14-20(16)23-22(25)18-13-17-7-3-4-8-21(17)28-15-18/h3-4,7-10,13-14H,2,5-6,11-12,15H2,1H3,(H,23,25). The Balaban J connectivity index is 1.57. The van der Waals surface area contributed by atoms with Gasteiger partial charge in [-0.1, -0.05) is 30.7 Å². The van der Waals surface area contributed by atoms with Crippen LogP contribution < -0.4 is 10.1 Å². The first kappa shape index (κ1) is 19.7. The molecule has 0 aliphatic carbocycles. The fourth-order valence-corrected chi connectivity index (χ4v) is 5.14. The van der Waals surface area contributed by atoms with Crippen LogP contribution in [0.1, 0.15) is 30.4 Å². The minimum Gasteiger partial charge on any atom is -0.488 e. The van der Waals surface area contributed by atoms with E-state index < -0.39 is 10.0 Å². The summed E-state index contributed by atoms with van der Waals surface area (Å²) in [6.45, 7) is 3.10. The molecule has 2 heterocycles. The third-order valence-electron chi connectivity index (χ3n) is 5.33. The minimum absolute atomic E-state index is 0.174. The highest BCUT2D eigenvalue weighted by molar-refractivity contribution is 7.89. The summed E-state index contributed by atoms with van der Waals surface area (Å²) in [6, 6.07) is 12.4. The van der Waals surface area contributed by atoms with Crippen LogP contribution in [0.4, 0.5) is 5.69 Å². The zero-order chi connectivity index (χ0) is 20.4. The average molecular weight is 413 g/mol. The number of nitrogens with zero attached hydrogens (tertiary/aromatic N) is 1. The SMILES string of the molecule is Cc1ccc(S(=O)(=O)N2CCCCC2)cc1NC(=O)C1=Cc2ccccc2OC1. The van der Waals surface area contributed by atoms with E-state index >= 15 is 0 Å². The van der Waals surface area contributed by atoms with Crippen molar-refractivity contribution in [2.24, 2.45) is 0 Å². The van der Waals surface area contributed by atoms with Gasteiger partial charge >= 0.3 is 0 Å². The number of rotatable bonds is 4. The van der Waals surface area contributed by atoms with Crippen LogP contribution in [0.15, 0.2) is 52.9 Å². The van der Waals surface area contributed by atoms with Crippen LogP contribution in [-0.2, 0) is 14.8 Å². The molecule has 2 aromatic carbocycles. The Bertz CT molecular complexity index is 1070. The van der Waals surface area contributed by atoms with E-state index in [-0.39, 0.29) is 17.4 Å². The van der Waals surface area contributed by atoms with Gasteiger partial charge in [-0.05, 0) is 49.6 Å². The summed E-state index contributed by atoms with van der Waals surface area (Å²) in [5, 5.41) is 2.86. The molecule has 0 bridgehead atoms. The van der Waals surface area contributed by atoms with Gasteiger partial charge in [0.05, 0.1) is 10.5 Å². The van der Waals surface area contributed by atoms with Crippen molar-refractivity contribution < 1.29 is 17.9 Å². The highest BCUT2D eigenvalue weighted by Gasteiger charge is 2.27. The average Bonchev–Trinajstić information content (AvgIpc) is 2.75. The molecule has 6 nitrogen and oxygen atoms in total. The van der Waals surface area contributed by atoms with Gasteiger partial charge < -0.3 is 10.1 Å². The lowest BCUT2D eigenvalue weighted by Gasteiger charge is -2.26. The predicted molar refractivity (Wildman–Crippen MR) is 112 cm³/mol. The van der Waals surface area contributed by atoms with E-state index in [4.69, 9.17) is 4.74 Å². The highest BCUT2D eigenvalue weighted by atomic mass is 32.2. The number of carbonyl (C=O) groups excluding carboxylic acids is 1. The van der Waals surface area contributed by atoms with Crippen molar-refractivity contribution in [1.29, 1.82) is 0 Å². The summed E-state index contributed by atoms with van der Waals surface area (Å²) in [5.41, 5.74) is 2.64. The molecule has 0 spiro atoms. The molecule has 152 valence electrons. The molecule has 1 amide bonds. The molecule has 2 aliphatic heterocycles. The van der Waals surface area contributed by atoms with E-state index in [0.29, 0.717) is 24.4 Å². The number of ether oxygens (including phenoxy) is 1. The number of anilines is 1.